The van der Waals surface area contributed by atoms with Gasteiger partial charge in [0.2, 0.25) is 5.95 Å². The molecule has 0 amide bonds. The Kier molecular flexibility index (Phi) is 3.73. The normalized spacial score (nSPS) is 10.9. The van der Waals surface area contributed by atoms with Gasteiger partial charge in [0.15, 0.2) is 0 Å². The van der Waals surface area contributed by atoms with E-state index in [1.54, 1.807) is 0 Å². The van der Waals surface area contributed by atoms with Gasteiger partial charge in [0.25, 0.3) is 6.43 Å². The van der Waals surface area contributed by atoms with Crippen LogP contribution in [0.25, 0.3) is 0 Å². The Morgan fingerprint density at radius 1 is 1.46 bits per heavy atom. The maximum atomic E-state index is 13.0. The van der Waals surface area contributed by atoms with E-state index in [0.29, 0.717) is 4.47 Å². The molecule has 0 atom stereocenters. The molecule has 72 valence electrons. The molecule has 0 aliphatic heterocycles. The molecule has 0 N–H and O–H groups in total. The zero-order chi connectivity index (χ0) is 10.0. The molecule has 1 aromatic heterocycles. The minimum Gasteiger partial charge on any atom is -0.218 e. The topological polar surface area (TPSA) is 12.9 Å². The van der Waals surface area contributed by atoms with Gasteiger partial charge in [-0.1, -0.05) is 31.9 Å². The van der Waals surface area contributed by atoms with E-state index >= 15 is 0 Å². The first kappa shape index (κ1) is 11.0. The zero-order valence-electron chi connectivity index (χ0n) is 6.20. The largest absolute Gasteiger partial charge is 0.280 e. The minimum absolute atomic E-state index is 0.232. The average molecular weight is 319 g/mol. The number of rotatable bonds is 2. The Balaban J connectivity index is 3.20. The maximum Gasteiger partial charge on any atom is 0.280 e. The summed E-state index contributed by atoms with van der Waals surface area (Å²) in [5.74, 6) is -0.874. The fourth-order valence-electron chi connectivity index (χ4n) is 0.759. The summed E-state index contributed by atoms with van der Waals surface area (Å²) < 4.78 is 37.5. The highest BCUT2D eigenvalue weighted by Gasteiger charge is 2.15. The van der Waals surface area contributed by atoms with Gasteiger partial charge >= 0.3 is 0 Å². The third-order valence-electron chi connectivity index (χ3n) is 1.40. The van der Waals surface area contributed by atoms with Gasteiger partial charge in [0.05, 0.1) is 0 Å². The summed E-state index contributed by atoms with van der Waals surface area (Å²) in [6.07, 6.45) is -2.75. The van der Waals surface area contributed by atoms with Crippen LogP contribution < -0.4 is 0 Å². The predicted octanol–water partition coefficient (Wildman–Crippen LogP) is 3.82. The molecule has 13 heavy (non-hydrogen) atoms. The molecule has 0 saturated carbocycles. The molecule has 0 aromatic carbocycles. The van der Waals surface area contributed by atoms with E-state index in [9.17, 15) is 13.2 Å². The van der Waals surface area contributed by atoms with Crippen molar-refractivity contribution in [3.63, 3.8) is 0 Å². The van der Waals surface area contributed by atoms with E-state index in [1.165, 1.54) is 0 Å². The summed E-state index contributed by atoms with van der Waals surface area (Å²) in [5, 5.41) is 0.232. The van der Waals surface area contributed by atoms with Crippen molar-refractivity contribution in [1.29, 1.82) is 0 Å². The van der Waals surface area contributed by atoms with Crippen molar-refractivity contribution in [3.8, 4) is 0 Å². The number of hydrogen-bond acceptors (Lipinski definition) is 1. The van der Waals surface area contributed by atoms with Crippen LogP contribution in [-0.4, -0.2) is 4.98 Å². The molecule has 0 unspecified atom stereocenters. The van der Waals surface area contributed by atoms with Gasteiger partial charge in [-0.05, 0) is 6.07 Å². The standard InChI is InChI=1S/C7H4Br2F3N/c8-2-3-4(9)1-5(6(10)11)13-7(3)12/h1,6H,2H2. The van der Waals surface area contributed by atoms with Crippen molar-refractivity contribution < 1.29 is 13.2 Å². The SMILES string of the molecule is Fc1nc(C(F)F)cc(Br)c1CBr. The first-order chi connectivity index (χ1) is 6.06. The lowest BCUT2D eigenvalue weighted by atomic mass is 10.3. The molecule has 0 saturated heterocycles. The maximum absolute atomic E-state index is 13.0. The number of alkyl halides is 3. The first-order valence-corrected chi connectivity index (χ1v) is 5.16. The Labute approximate surface area is 89.6 Å². The molecule has 0 aliphatic carbocycles. The van der Waals surface area contributed by atoms with Crippen LogP contribution in [0.3, 0.4) is 0 Å². The van der Waals surface area contributed by atoms with E-state index in [0.717, 1.165) is 6.07 Å². The average Bonchev–Trinajstić information content (AvgIpc) is 2.03. The molecular weight excluding hydrogens is 315 g/mol. The van der Waals surface area contributed by atoms with Gasteiger partial charge in [-0.3, -0.25) is 0 Å². The van der Waals surface area contributed by atoms with Gasteiger partial charge in [-0.15, -0.1) is 0 Å². The van der Waals surface area contributed by atoms with E-state index in [-0.39, 0.29) is 10.9 Å². The van der Waals surface area contributed by atoms with E-state index in [4.69, 9.17) is 0 Å². The number of halogens is 5. The summed E-state index contributed by atoms with van der Waals surface area (Å²) in [7, 11) is 0. The molecule has 1 rings (SSSR count). The van der Waals surface area contributed by atoms with Crippen LogP contribution in [0.4, 0.5) is 13.2 Å². The molecule has 6 heteroatoms. The molecule has 1 nitrogen and oxygen atoms in total. The third-order valence-corrected chi connectivity index (χ3v) is 2.66. The van der Waals surface area contributed by atoms with Crippen molar-refractivity contribution in [2.75, 3.05) is 0 Å². The van der Waals surface area contributed by atoms with Crippen LogP contribution in [0.15, 0.2) is 10.5 Å². The monoisotopic (exact) mass is 317 g/mol. The van der Waals surface area contributed by atoms with Crippen LogP contribution in [0, 0.1) is 5.95 Å². The second kappa shape index (κ2) is 4.41. The highest BCUT2D eigenvalue weighted by Crippen LogP contribution is 2.26. The minimum atomic E-state index is -2.75. The van der Waals surface area contributed by atoms with Gasteiger partial charge in [0.1, 0.15) is 5.69 Å². The van der Waals surface area contributed by atoms with Gasteiger partial charge in [0, 0.05) is 15.4 Å². The molecule has 0 spiro atoms. The van der Waals surface area contributed by atoms with Crippen LogP contribution in [0.5, 0.6) is 0 Å². The second-order valence-electron chi connectivity index (χ2n) is 2.23. The van der Waals surface area contributed by atoms with Crippen molar-refractivity contribution in [3.05, 3.63) is 27.7 Å². The Morgan fingerprint density at radius 2 is 2.08 bits per heavy atom. The Bertz CT molecular complexity index is 294. The summed E-state index contributed by atoms with van der Waals surface area (Å²) in [5.41, 5.74) is -0.321. The Morgan fingerprint density at radius 3 is 2.46 bits per heavy atom. The van der Waals surface area contributed by atoms with Crippen molar-refractivity contribution in [2.24, 2.45) is 0 Å². The fourth-order valence-corrected chi connectivity index (χ4v) is 2.21. The fraction of sp³-hybridized carbons (Fsp3) is 0.286. The van der Waals surface area contributed by atoms with Gasteiger partial charge in [-0.2, -0.15) is 4.39 Å². The van der Waals surface area contributed by atoms with Crippen LogP contribution >= 0.6 is 31.9 Å². The number of aromatic nitrogens is 1. The smallest absolute Gasteiger partial charge is 0.218 e. The molecule has 1 aromatic rings. The molecule has 0 bridgehead atoms. The van der Waals surface area contributed by atoms with Crippen molar-refractivity contribution >= 4 is 31.9 Å². The highest BCUT2D eigenvalue weighted by molar-refractivity contribution is 9.10. The van der Waals surface area contributed by atoms with Crippen LogP contribution in [-0.2, 0) is 5.33 Å². The molecule has 0 aliphatic rings. The number of hydrogen-bond donors (Lipinski definition) is 0. The second-order valence-corrected chi connectivity index (χ2v) is 3.65. The van der Waals surface area contributed by atoms with E-state index < -0.39 is 18.1 Å². The van der Waals surface area contributed by atoms with Crippen molar-refractivity contribution in [1.82, 2.24) is 4.98 Å². The summed E-state index contributed by atoms with van der Waals surface area (Å²) in [6, 6.07) is 1.12. The zero-order valence-corrected chi connectivity index (χ0v) is 9.37. The van der Waals surface area contributed by atoms with E-state index in [1.807, 2.05) is 0 Å². The quantitative estimate of drug-likeness (QED) is 0.597. The highest BCUT2D eigenvalue weighted by atomic mass is 79.9. The molecule has 1 heterocycles. The Hall–Kier alpha value is -0.100. The van der Waals surface area contributed by atoms with Gasteiger partial charge < -0.3 is 0 Å². The molecule has 0 radical (unpaired) electrons. The first-order valence-electron chi connectivity index (χ1n) is 3.25. The van der Waals surface area contributed by atoms with Gasteiger partial charge in [-0.25, -0.2) is 13.8 Å². The van der Waals surface area contributed by atoms with Crippen molar-refractivity contribution in [2.45, 2.75) is 11.8 Å². The number of nitrogens with zero attached hydrogens (tertiary/aromatic N) is 1. The molecule has 0 fully saturated rings. The molecular formula is C7H4Br2F3N. The summed E-state index contributed by atoms with van der Waals surface area (Å²) >= 11 is 6.01. The predicted molar refractivity (Wildman–Crippen MR) is 49.5 cm³/mol. The van der Waals surface area contributed by atoms with E-state index in [2.05, 4.69) is 36.8 Å². The third kappa shape index (κ3) is 2.43. The lowest BCUT2D eigenvalue weighted by Gasteiger charge is -2.04. The lowest BCUT2D eigenvalue weighted by Crippen LogP contribution is -1.98. The lowest BCUT2D eigenvalue weighted by molar-refractivity contribution is 0.144. The number of pyridine rings is 1. The van der Waals surface area contributed by atoms with Crippen LogP contribution in [0.1, 0.15) is 17.7 Å². The summed E-state index contributed by atoms with van der Waals surface area (Å²) in [4.78, 5) is 3.13. The van der Waals surface area contributed by atoms with Crippen LogP contribution in [0.2, 0.25) is 0 Å². The summed E-state index contributed by atoms with van der Waals surface area (Å²) in [6.45, 7) is 0.